The Balaban J connectivity index is 1.39. The molecule has 116 valence electrons. The maximum atomic E-state index is 6.14. The predicted molar refractivity (Wildman–Crippen MR) is 86.7 cm³/mol. The van der Waals surface area contributed by atoms with Crippen molar-refractivity contribution in [3.05, 3.63) is 34.9 Å². The number of rotatable bonds is 7. The Kier molecular flexibility index (Phi) is 5.17. The van der Waals surface area contributed by atoms with Gasteiger partial charge in [0.1, 0.15) is 0 Å². The van der Waals surface area contributed by atoms with Gasteiger partial charge in [0.2, 0.25) is 0 Å². The normalized spacial score (nSPS) is 25.7. The van der Waals surface area contributed by atoms with Gasteiger partial charge in [-0.25, -0.2) is 0 Å². The van der Waals surface area contributed by atoms with Gasteiger partial charge in [-0.15, -0.1) is 0 Å². The Hall–Kier alpha value is -0.610. The molecule has 2 aliphatic rings. The average Bonchev–Trinajstić information content (AvgIpc) is 3.17. The summed E-state index contributed by atoms with van der Waals surface area (Å²) in [6.07, 6.45) is 5.85. The van der Waals surface area contributed by atoms with E-state index in [9.17, 15) is 0 Å². The highest BCUT2D eigenvalue weighted by Gasteiger charge is 2.28. The molecule has 2 atom stereocenters. The van der Waals surface area contributed by atoms with Gasteiger partial charge in [0, 0.05) is 30.7 Å². The van der Waals surface area contributed by atoms with E-state index >= 15 is 0 Å². The zero-order chi connectivity index (χ0) is 14.7. The number of hydrogen-bond donors (Lipinski definition) is 1. The highest BCUT2D eigenvalue weighted by Crippen LogP contribution is 2.23. The monoisotopic (exact) mass is 308 g/mol. The molecule has 0 radical (unpaired) electrons. The molecule has 0 bridgehead atoms. The molecular formula is C17H25ClN2O. The molecule has 21 heavy (non-hydrogen) atoms. The molecule has 1 aliphatic carbocycles. The molecule has 3 nitrogen and oxygen atoms in total. The van der Waals surface area contributed by atoms with Crippen LogP contribution in [0.25, 0.3) is 0 Å². The maximum Gasteiger partial charge on any atom is 0.0707 e. The fraction of sp³-hybridized carbons (Fsp3) is 0.647. The van der Waals surface area contributed by atoms with Gasteiger partial charge in [-0.05, 0) is 50.4 Å². The maximum absolute atomic E-state index is 6.14. The molecule has 2 fully saturated rings. The number of ether oxygens (including phenoxy) is 1. The zero-order valence-corrected chi connectivity index (χ0v) is 13.5. The fourth-order valence-electron chi connectivity index (χ4n) is 3.01. The van der Waals surface area contributed by atoms with Crippen LogP contribution in [0, 0.1) is 0 Å². The van der Waals surface area contributed by atoms with Crippen molar-refractivity contribution in [3.63, 3.8) is 0 Å². The van der Waals surface area contributed by atoms with Crippen LogP contribution in [-0.4, -0.2) is 43.3 Å². The van der Waals surface area contributed by atoms with Crippen molar-refractivity contribution >= 4 is 11.6 Å². The van der Waals surface area contributed by atoms with Crippen molar-refractivity contribution in [2.75, 3.05) is 20.1 Å². The lowest BCUT2D eigenvalue weighted by molar-refractivity contribution is 0.0266. The van der Waals surface area contributed by atoms with Crippen molar-refractivity contribution in [1.29, 1.82) is 0 Å². The lowest BCUT2D eigenvalue weighted by Gasteiger charge is -2.21. The van der Waals surface area contributed by atoms with Crippen LogP contribution in [0.15, 0.2) is 24.3 Å². The molecule has 1 aromatic rings. The number of halogens is 1. The molecule has 1 saturated heterocycles. The molecule has 0 aromatic heterocycles. The van der Waals surface area contributed by atoms with Crippen LogP contribution in [0.4, 0.5) is 0 Å². The highest BCUT2D eigenvalue weighted by atomic mass is 35.5. The van der Waals surface area contributed by atoms with Crippen molar-refractivity contribution < 1.29 is 4.74 Å². The van der Waals surface area contributed by atoms with E-state index in [0.29, 0.717) is 12.2 Å². The van der Waals surface area contributed by atoms with E-state index in [-0.39, 0.29) is 0 Å². The van der Waals surface area contributed by atoms with Crippen LogP contribution in [0.5, 0.6) is 0 Å². The standard InChI is InChI=1S/C17H25ClN2O/c1-20(11-13-3-2-4-14(18)9-13)12-17-8-7-16(21-17)10-19-15-5-6-15/h2-4,9,15-17,19H,5-8,10-12H2,1H3. The first kappa shape index (κ1) is 15.3. The minimum Gasteiger partial charge on any atom is -0.372 e. The van der Waals surface area contributed by atoms with Gasteiger partial charge in [-0.1, -0.05) is 23.7 Å². The van der Waals surface area contributed by atoms with E-state index in [1.165, 1.54) is 31.2 Å². The number of benzene rings is 1. The molecule has 0 spiro atoms. The van der Waals surface area contributed by atoms with Crippen LogP contribution in [-0.2, 0) is 11.3 Å². The Labute approximate surface area is 132 Å². The molecule has 1 heterocycles. The van der Waals surface area contributed by atoms with E-state index in [4.69, 9.17) is 16.3 Å². The first-order valence-electron chi connectivity index (χ1n) is 8.01. The Morgan fingerprint density at radius 3 is 2.81 bits per heavy atom. The second-order valence-corrected chi connectivity index (χ2v) is 6.90. The van der Waals surface area contributed by atoms with Crippen molar-refractivity contribution in [3.8, 4) is 0 Å². The van der Waals surface area contributed by atoms with Gasteiger partial charge in [0.25, 0.3) is 0 Å². The van der Waals surface area contributed by atoms with E-state index < -0.39 is 0 Å². The summed E-state index contributed by atoms with van der Waals surface area (Å²) in [6.45, 7) is 2.94. The number of hydrogen-bond acceptors (Lipinski definition) is 3. The summed E-state index contributed by atoms with van der Waals surface area (Å²) in [5, 5.41) is 4.37. The third kappa shape index (κ3) is 4.96. The lowest BCUT2D eigenvalue weighted by atomic mass is 10.1. The highest BCUT2D eigenvalue weighted by molar-refractivity contribution is 6.30. The Morgan fingerprint density at radius 1 is 1.24 bits per heavy atom. The average molecular weight is 309 g/mol. The van der Waals surface area contributed by atoms with E-state index in [2.05, 4.69) is 23.3 Å². The van der Waals surface area contributed by atoms with E-state index in [0.717, 1.165) is 30.7 Å². The van der Waals surface area contributed by atoms with Crippen LogP contribution in [0.3, 0.4) is 0 Å². The Morgan fingerprint density at radius 2 is 2.05 bits per heavy atom. The number of nitrogens with one attached hydrogen (secondary N) is 1. The van der Waals surface area contributed by atoms with Crippen LogP contribution < -0.4 is 5.32 Å². The van der Waals surface area contributed by atoms with E-state index in [1.807, 2.05) is 18.2 Å². The molecular weight excluding hydrogens is 284 g/mol. The predicted octanol–water partition coefficient (Wildman–Crippen LogP) is 3.07. The van der Waals surface area contributed by atoms with Crippen LogP contribution in [0.1, 0.15) is 31.2 Å². The van der Waals surface area contributed by atoms with Gasteiger partial charge in [-0.3, -0.25) is 4.90 Å². The molecule has 1 saturated carbocycles. The summed E-state index contributed by atoms with van der Waals surface area (Å²) >= 11 is 6.03. The summed E-state index contributed by atoms with van der Waals surface area (Å²) in [5.41, 5.74) is 1.26. The summed E-state index contributed by atoms with van der Waals surface area (Å²) < 4.78 is 6.14. The summed E-state index contributed by atoms with van der Waals surface area (Å²) in [6, 6.07) is 8.87. The second kappa shape index (κ2) is 7.10. The minimum atomic E-state index is 0.375. The first-order chi connectivity index (χ1) is 10.2. The molecule has 4 heteroatoms. The SMILES string of the molecule is CN(Cc1cccc(Cl)c1)CC1CCC(CNC2CC2)O1. The second-order valence-electron chi connectivity index (χ2n) is 6.47. The zero-order valence-electron chi connectivity index (χ0n) is 12.7. The smallest absolute Gasteiger partial charge is 0.0707 e. The minimum absolute atomic E-state index is 0.375. The third-order valence-electron chi connectivity index (χ3n) is 4.26. The molecule has 3 rings (SSSR count). The van der Waals surface area contributed by atoms with Gasteiger partial charge in [0.05, 0.1) is 12.2 Å². The topological polar surface area (TPSA) is 24.5 Å². The molecule has 1 aromatic carbocycles. The third-order valence-corrected chi connectivity index (χ3v) is 4.50. The van der Waals surface area contributed by atoms with Gasteiger partial charge in [0.15, 0.2) is 0 Å². The molecule has 1 N–H and O–H groups in total. The lowest BCUT2D eigenvalue weighted by Crippen LogP contribution is -2.32. The number of nitrogens with zero attached hydrogens (tertiary/aromatic N) is 1. The van der Waals surface area contributed by atoms with Crippen LogP contribution >= 0.6 is 11.6 Å². The van der Waals surface area contributed by atoms with Gasteiger partial charge in [-0.2, -0.15) is 0 Å². The van der Waals surface area contributed by atoms with Gasteiger partial charge >= 0.3 is 0 Å². The summed E-state index contributed by atoms with van der Waals surface area (Å²) in [5.74, 6) is 0. The quantitative estimate of drug-likeness (QED) is 0.838. The molecule has 0 amide bonds. The van der Waals surface area contributed by atoms with Crippen molar-refractivity contribution in [2.24, 2.45) is 0 Å². The fourth-order valence-corrected chi connectivity index (χ4v) is 3.22. The summed E-state index contributed by atoms with van der Waals surface area (Å²) in [7, 11) is 2.15. The van der Waals surface area contributed by atoms with Gasteiger partial charge < -0.3 is 10.1 Å². The van der Waals surface area contributed by atoms with Crippen molar-refractivity contribution in [2.45, 2.75) is 50.5 Å². The van der Waals surface area contributed by atoms with Crippen molar-refractivity contribution in [1.82, 2.24) is 10.2 Å². The summed E-state index contributed by atoms with van der Waals surface area (Å²) in [4.78, 5) is 2.33. The number of likely N-dealkylation sites (N-methyl/N-ethyl adjacent to an activating group) is 1. The van der Waals surface area contributed by atoms with Crippen LogP contribution in [0.2, 0.25) is 5.02 Å². The first-order valence-corrected chi connectivity index (χ1v) is 8.38. The molecule has 1 aliphatic heterocycles. The largest absolute Gasteiger partial charge is 0.372 e. The Bertz CT molecular complexity index is 464. The van der Waals surface area contributed by atoms with E-state index in [1.54, 1.807) is 0 Å². The molecule has 2 unspecified atom stereocenters.